The number of carboxylic acids is 1. The number of rotatable bonds is 2. The predicted octanol–water partition coefficient (Wildman–Crippen LogP) is 0.828. The number of aryl methyl sites for hydroxylation is 1. The Morgan fingerprint density at radius 3 is 2.78 bits per heavy atom. The van der Waals surface area contributed by atoms with Crippen LogP contribution in [-0.4, -0.2) is 35.5 Å². The Bertz CT molecular complexity index is 743. The average Bonchev–Trinajstić information content (AvgIpc) is 2.93. The summed E-state index contributed by atoms with van der Waals surface area (Å²) in [6.45, 7) is 0. The molecule has 3 aromatic heterocycles. The molecule has 0 saturated carbocycles. The lowest BCUT2D eigenvalue weighted by atomic mass is 10.2. The quantitative estimate of drug-likeness (QED) is 0.720. The van der Waals surface area contributed by atoms with Crippen molar-refractivity contribution in [1.82, 2.24) is 24.4 Å². The van der Waals surface area contributed by atoms with Gasteiger partial charge in [-0.1, -0.05) is 0 Å². The Hall–Kier alpha value is -2.70. The molecule has 3 heterocycles. The van der Waals surface area contributed by atoms with Gasteiger partial charge in [-0.05, 0) is 12.1 Å². The maximum atomic E-state index is 11.1. The molecule has 90 valence electrons. The molecule has 0 unspecified atom stereocenters. The molecule has 0 saturated heterocycles. The van der Waals surface area contributed by atoms with E-state index in [4.69, 9.17) is 5.11 Å². The SMILES string of the molecule is Cn1nccc1-c1cnn2c(C(=O)O)ccnc12. The molecule has 3 aromatic rings. The number of fused-ring (bicyclic) bond motifs is 1. The van der Waals surface area contributed by atoms with Crippen molar-refractivity contribution in [2.45, 2.75) is 0 Å². The van der Waals surface area contributed by atoms with Gasteiger partial charge in [-0.3, -0.25) is 4.68 Å². The molecule has 0 atom stereocenters. The summed E-state index contributed by atoms with van der Waals surface area (Å²) in [5.41, 5.74) is 2.16. The van der Waals surface area contributed by atoms with Crippen LogP contribution < -0.4 is 0 Å². The van der Waals surface area contributed by atoms with Gasteiger partial charge in [0.2, 0.25) is 0 Å². The molecule has 3 rings (SSSR count). The molecule has 0 aliphatic heterocycles. The zero-order chi connectivity index (χ0) is 12.7. The lowest BCUT2D eigenvalue weighted by Gasteiger charge is -2.01. The molecule has 0 spiro atoms. The number of aromatic carboxylic acids is 1. The minimum absolute atomic E-state index is 0.0772. The minimum Gasteiger partial charge on any atom is -0.477 e. The Morgan fingerprint density at radius 2 is 2.11 bits per heavy atom. The first-order valence-electron chi connectivity index (χ1n) is 5.23. The Morgan fingerprint density at radius 1 is 1.28 bits per heavy atom. The Labute approximate surface area is 101 Å². The molecule has 0 radical (unpaired) electrons. The predicted molar refractivity (Wildman–Crippen MR) is 62.1 cm³/mol. The topological polar surface area (TPSA) is 85.3 Å². The molecule has 0 amide bonds. The molecule has 0 aliphatic rings. The van der Waals surface area contributed by atoms with Gasteiger partial charge in [0.25, 0.3) is 0 Å². The van der Waals surface area contributed by atoms with E-state index in [9.17, 15) is 4.79 Å². The zero-order valence-electron chi connectivity index (χ0n) is 9.48. The van der Waals surface area contributed by atoms with Crippen LogP contribution in [0.5, 0.6) is 0 Å². The second kappa shape index (κ2) is 3.66. The van der Waals surface area contributed by atoms with Gasteiger partial charge >= 0.3 is 5.97 Å². The van der Waals surface area contributed by atoms with Crippen molar-refractivity contribution in [3.05, 3.63) is 36.4 Å². The number of aromatic nitrogens is 5. The first-order valence-corrected chi connectivity index (χ1v) is 5.23. The van der Waals surface area contributed by atoms with Crippen LogP contribution in [0.1, 0.15) is 10.5 Å². The Kier molecular flexibility index (Phi) is 2.12. The smallest absolute Gasteiger partial charge is 0.354 e. The van der Waals surface area contributed by atoms with Gasteiger partial charge in [0.15, 0.2) is 11.3 Å². The molecule has 18 heavy (non-hydrogen) atoms. The second-order valence-corrected chi connectivity index (χ2v) is 3.77. The zero-order valence-corrected chi connectivity index (χ0v) is 9.48. The summed E-state index contributed by atoms with van der Waals surface area (Å²) in [4.78, 5) is 15.2. The molecular formula is C11H9N5O2. The van der Waals surface area contributed by atoms with E-state index in [0.717, 1.165) is 11.3 Å². The van der Waals surface area contributed by atoms with Gasteiger partial charge in [-0.25, -0.2) is 14.3 Å². The molecule has 7 heteroatoms. The third-order valence-electron chi connectivity index (χ3n) is 2.72. The highest BCUT2D eigenvalue weighted by atomic mass is 16.4. The lowest BCUT2D eigenvalue weighted by Crippen LogP contribution is -2.06. The number of hydrogen-bond donors (Lipinski definition) is 1. The van der Waals surface area contributed by atoms with Crippen molar-refractivity contribution in [2.24, 2.45) is 7.05 Å². The van der Waals surface area contributed by atoms with E-state index in [1.807, 2.05) is 6.07 Å². The van der Waals surface area contributed by atoms with Crippen LogP contribution >= 0.6 is 0 Å². The third kappa shape index (κ3) is 1.37. The normalized spacial score (nSPS) is 10.9. The largest absolute Gasteiger partial charge is 0.477 e. The van der Waals surface area contributed by atoms with Crippen molar-refractivity contribution >= 4 is 11.6 Å². The van der Waals surface area contributed by atoms with E-state index < -0.39 is 5.97 Å². The fourth-order valence-electron chi connectivity index (χ4n) is 1.87. The van der Waals surface area contributed by atoms with E-state index in [-0.39, 0.29) is 5.69 Å². The van der Waals surface area contributed by atoms with Crippen LogP contribution in [-0.2, 0) is 7.05 Å². The van der Waals surface area contributed by atoms with Crippen LogP contribution in [0, 0.1) is 0 Å². The summed E-state index contributed by atoms with van der Waals surface area (Å²) in [7, 11) is 1.81. The molecule has 0 aliphatic carbocycles. The average molecular weight is 243 g/mol. The minimum atomic E-state index is -1.04. The third-order valence-corrected chi connectivity index (χ3v) is 2.72. The van der Waals surface area contributed by atoms with Crippen molar-refractivity contribution in [3.63, 3.8) is 0 Å². The first kappa shape index (κ1) is 10.5. The van der Waals surface area contributed by atoms with Crippen LogP contribution in [0.2, 0.25) is 0 Å². The fraction of sp³-hybridized carbons (Fsp3) is 0.0909. The van der Waals surface area contributed by atoms with Gasteiger partial charge < -0.3 is 5.11 Å². The fourth-order valence-corrected chi connectivity index (χ4v) is 1.87. The number of carbonyl (C=O) groups is 1. The van der Waals surface area contributed by atoms with E-state index in [0.29, 0.717) is 5.65 Å². The van der Waals surface area contributed by atoms with Crippen LogP contribution in [0.3, 0.4) is 0 Å². The molecular weight excluding hydrogens is 234 g/mol. The molecule has 0 bridgehead atoms. The molecule has 1 N–H and O–H groups in total. The van der Waals surface area contributed by atoms with Crippen molar-refractivity contribution in [3.8, 4) is 11.3 Å². The highest BCUT2D eigenvalue weighted by Crippen LogP contribution is 2.22. The number of nitrogens with zero attached hydrogens (tertiary/aromatic N) is 5. The van der Waals surface area contributed by atoms with Gasteiger partial charge in [0, 0.05) is 19.4 Å². The van der Waals surface area contributed by atoms with E-state index >= 15 is 0 Å². The summed E-state index contributed by atoms with van der Waals surface area (Å²) in [5, 5.41) is 17.2. The molecule has 7 nitrogen and oxygen atoms in total. The van der Waals surface area contributed by atoms with Gasteiger partial charge in [0.05, 0.1) is 17.5 Å². The van der Waals surface area contributed by atoms with Crippen molar-refractivity contribution in [1.29, 1.82) is 0 Å². The number of hydrogen-bond acceptors (Lipinski definition) is 4. The summed E-state index contributed by atoms with van der Waals surface area (Å²) in [6.07, 6.45) is 4.71. The van der Waals surface area contributed by atoms with Crippen molar-refractivity contribution in [2.75, 3.05) is 0 Å². The standard InChI is InChI=1S/C11H9N5O2/c1-15-8(3-5-13-15)7-6-14-16-9(11(17)18)2-4-12-10(7)16/h2-6H,1H3,(H,17,18). The first-order chi connectivity index (χ1) is 8.68. The second-order valence-electron chi connectivity index (χ2n) is 3.77. The highest BCUT2D eigenvalue weighted by molar-refractivity contribution is 5.87. The molecule has 0 fully saturated rings. The van der Waals surface area contributed by atoms with Crippen molar-refractivity contribution < 1.29 is 9.90 Å². The Balaban J connectivity index is 2.31. The maximum absolute atomic E-state index is 11.1. The van der Waals surface area contributed by atoms with E-state index in [2.05, 4.69) is 15.2 Å². The molecule has 0 aromatic carbocycles. The van der Waals surface area contributed by atoms with Crippen LogP contribution in [0.4, 0.5) is 0 Å². The summed E-state index contributed by atoms with van der Waals surface area (Å²) < 4.78 is 3.00. The van der Waals surface area contributed by atoms with Crippen LogP contribution in [0.15, 0.2) is 30.7 Å². The van der Waals surface area contributed by atoms with Gasteiger partial charge in [-0.15, -0.1) is 0 Å². The van der Waals surface area contributed by atoms with E-state index in [1.54, 1.807) is 24.1 Å². The van der Waals surface area contributed by atoms with Gasteiger partial charge in [0.1, 0.15) is 0 Å². The lowest BCUT2D eigenvalue weighted by molar-refractivity contribution is 0.0687. The van der Waals surface area contributed by atoms with Gasteiger partial charge in [-0.2, -0.15) is 10.2 Å². The maximum Gasteiger partial charge on any atom is 0.354 e. The monoisotopic (exact) mass is 243 g/mol. The summed E-state index contributed by atoms with van der Waals surface area (Å²) >= 11 is 0. The summed E-state index contributed by atoms with van der Waals surface area (Å²) in [5.74, 6) is -1.04. The summed E-state index contributed by atoms with van der Waals surface area (Å²) in [6, 6.07) is 3.24. The highest BCUT2D eigenvalue weighted by Gasteiger charge is 2.15. The van der Waals surface area contributed by atoms with Crippen LogP contribution in [0.25, 0.3) is 16.9 Å². The van der Waals surface area contributed by atoms with E-state index in [1.165, 1.54) is 16.8 Å². The number of carboxylic acid groups (broad SMARTS) is 1.